The molecule has 1 aromatic rings. The maximum Gasteiger partial charge on any atom is 0.415 e. The number of ether oxygens (including phenoxy) is 1. The molecule has 0 unspecified atom stereocenters. The summed E-state index contributed by atoms with van der Waals surface area (Å²) in [5.41, 5.74) is 3.57. The highest BCUT2D eigenvalue weighted by Crippen LogP contribution is 2.33. The summed E-state index contributed by atoms with van der Waals surface area (Å²) in [5, 5.41) is 2.46. The zero-order valence-corrected chi connectivity index (χ0v) is 20.6. The van der Waals surface area contributed by atoms with Crippen LogP contribution in [0.15, 0.2) is 28.1 Å². The first-order valence-corrected chi connectivity index (χ1v) is 12.8. The molecule has 0 aliphatic carbocycles. The Morgan fingerprint density at radius 1 is 1.26 bits per heavy atom. The number of halogens is 1. The average molecular weight is 490 g/mol. The fourth-order valence-electron chi connectivity index (χ4n) is 4.54. The number of benzene rings is 1. The number of nitrogens with one attached hydrogen (secondary N) is 1. The van der Waals surface area contributed by atoms with Crippen LogP contribution in [0.25, 0.3) is 6.08 Å². The second-order valence-electron chi connectivity index (χ2n) is 8.57. The van der Waals surface area contributed by atoms with Crippen LogP contribution in [0.2, 0.25) is 0 Å². The SMILES string of the molecule is CCN(CC)C1CCN(C(=O)Oc2ccc(F)cc2/C=C2\SC(N3CCCCN3)=NC2=O)CC1. The van der Waals surface area contributed by atoms with Crippen molar-refractivity contribution in [1.29, 1.82) is 0 Å². The van der Waals surface area contributed by atoms with Gasteiger partial charge in [-0.1, -0.05) is 13.8 Å². The topological polar surface area (TPSA) is 77.5 Å². The molecule has 2 amide bonds. The molecule has 3 heterocycles. The molecule has 8 nitrogen and oxygen atoms in total. The minimum atomic E-state index is -0.471. The predicted molar refractivity (Wildman–Crippen MR) is 132 cm³/mol. The van der Waals surface area contributed by atoms with Crippen molar-refractivity contribution in [1.82, 2.24) is 20.2 Å². The van der Waals surface area contributed by atoms with Gasteiger partial charge in [-0.25, -0.2) is 14.6 Å². The lowest BCUT2D eigenvalue weighted by atomic mass is 10.0. The van der Waals surface area contributed by atoms with Crippen molar-refractivity contribution in [2.75, 3.05) is 39.3 Å². The molecular formula is C24H32FN5O3S. The molecule has 2 fully saturated rings. The molecule has 0 radical (unpaired) electrons. The van der Waals surface area contributed by atoms with Crippen molar-refractivity contribution in [3.63, 3.8) is 0 Å². The normalized spacial score (nSPS) is 20.9. The molecule has 10 heteroatoms. The first-order chi connectivity index (χ1) is 16.5. The number of rotatable bonds is 5. The third kappa shape index (κ3) is 5.79. The Bertz CT molecular complexity index is 967. The van der Waals surface area contributed by atoms with E-state index in [4.69, 9.17) is 4.74 Å². The van der Waals surface area contributed by atoms with Gasteiger partial charge in [0.1, 0.15) is 11.6 Å². The third-order valence-electron chi connectivity index (χ3n) is 6.46. The monoisotopic (exact) mass is 489 g/mol. The zero-order valence-electron chi connectivity index (χ0n) is 19.8. The summed E-state index contributed by atoms with van der Waals surface area (Å²) in [6.07, 6.45) is 4.99. The van der Waals surface area contributed by atoms with E-state index in [0.717, 1.165) is 51.9 Å². The maximum atomic E-state index is 14.0. The molecule has 0 bridgehead atoms. The van der Waals surface area contributed by atoms with Crippen LogP contribution in [0, 0.1) is 5.82 Å². The molecule has 0 saturated carbocycles. The standard InChI is InChI=1S/C24H32FN5O3S/c1-3-28(4-2)19-9-13-29(14-10-19)24(32)33-20-8-7-18(25)15-17(20)16-21-22(31)27-23(34-21)30-12-6-5-11-26-30/h7-8,15-16,19,26H,3-6,9-14H2,1-2H3/b21-16-. The van der Waals surface area contributed by atoms with E-state index in [2.05, 4.69) is 29.2 Å². The molecule has 0 aromatic heterocycles. The van der Waals surface area contributed by atoms with E-state index >= 15 is 0 Å². The van der Waals surface area contributed by atoms with Crippen molar-refractivity contribution in [3.8, 4) is 5.75 Å². The Morgan fingerprint density at radius 3 is 2.71 bits per heavy atom. The summed E-state index contributed by atoms with van der Waals surface area (Å²) in [7, 11) is 0. The highest BCUT2D eigenvalue weighted by molar-refractivity contribution is 8.18. The number of piperidine rings is 1. The number of amidine groups is 1. The Hall–Kier alpha value is -2.43. The highest BCUT2D eigenvalue weighted by atomic mass is 32.2. The smallest absolute Gasteiger partial charge is 0.410 e. The van der Waals surface area contributed by atoms with E-state index in [9.17, 15) is 14.0 Å². The van der Waals surface area contributed by atoms with Crippen LogP contribution in [-0.4, -0.2) is 77.3 Å². The van der Waals surface area contributed by atoms with Gasteiger partial charge in [0.15, 0.2) is 5.17 Å². The van der Waals surface area contributed by atoms with E-state index in [1.165, 1.54) is 30.0 Å². The van der Waals surface area contributed by atoms with E-state index in [1.807, 2.05) is 5.01 Å². The lowest BCUT2D eigenvalue weighted by molar-refractivity contribution is -0.113. The van der Waals surface area contributed by atoms with Crippen molar-refractivity contribution < 1.29 is 18.7 Å². The molecule has 1 aromatic carbocycles. The van der Waals surface area contributed by atoms with Gasteiger partial charge < -0.3 is 14.5 Å². The minimum absolute atomic E-state index is 0.225. The van der Waals surface area contributed by atoms with Crippen molar-refractivity contribution in [2.24, 2.45) is 4.99 Å². The van der Waals surface area contributed by atoms with Gasteiger partial charge in [-0.2, -0.15) is 4.99 Å². The predicted octanol–water partition coefficient (Wildman–Crippen LogP) is 3.70. The van der Waals surface area contributed by atoms with E-state index in [1.54, 1.807) is 11.0 Å². The summed E-state index contributed by atoms with van der Waals surface area (Å²) in [6.45, 7) is 9.14. The first-order valence-electron chi connectivity index (χ1n) is 12.0. The van der Waals surface area contributed by atoms with Gasteiger partial charge in [0.2, 0.25) is 0 Å². The van der Waals surface area contributed by atoms with E-state index in [-0.39, 0.29) is 11.7 Å². The van der Waals surface area contributed by atoms with Crippen LogP contribution in [0.3, 0.4) is 0 Å². The summed E-state index contributed by atoms with van der Waals surface area (Å²) in [5.74, 6) is -0.629. The number of aliphatic imine (C=N–C) groups is 1. The van der Waals surface area contributed by atoms with E-state index < -0.39 is 11.9 Å². The van der Waals surface area contributed by atoms with Crippen LogP contribution in [0.5, 0.6) is 5.75 Å². The van der Waals surface area contributed by atoms with Crippen LogP contribution in [0.1, 0.15) is 45.1 Å². The van der Waals surface area contributed by atoms with Crippen LogP contribution in [0.4, 0.5) is 9.18 Å². The molecule has 0 atom stereocenters. The number of likely N-dealkylation sites (tertiary alicyclic amines) is 1. The lowest BCUT2D eigenvalue weighted by Gasteiger charge is -2.37. The number of carbonyl (C=O) groups excluding carboxylic acids is 2. The fraction of sp³-hybridized carbons (Fsp3) is 0.542. The Morgan fingerprint density at radius 2 is 2.03 bits per heavy atom. The van der Waals surface area contributed by atoms with Gasteiger partial charge in [0, 0.05) is 37.8 Å². The molecule has 3 aliphatic heterocycles. The average Bonchev–Trinajstić information content (AvgIpc) is 3.22. The quantitative estimate of drug-likeness (QED) is 0.632. The number of amides is 2. The summed E-state index contributed by atoms with van der Waals surface area (Å²) >= 11 is 1.24. The van der Waals surface area contributed by atoms with Gasteiger partial charge in [-0.15, -0.1) is 0 Å². The fourth-order valence-corrected chi connectivity index (χ4v) is 5.45. The number of thioether (sulfide) groups is 1. The molecule has 4 rings (SSSR count). The Labute approximate surface area is 204 Å². The second kappa shape index (κ2) is 11.3. The maximum absolute atomic E-state index is 14.0. The van der Waals surface area contributed by atoms with Gasteiger partial charge >= 0.3 is 6.09 Å². The zero-order chi connectivity index (χ0) is 24.1. The van der Waals surface area contributed by atoms with Gasteiger partial charge in [-0.05, 0) is 74.8 Å². The molecule has 1 N–H and O–H groups in total. The van der Waals surface area contributed by atoms with Crippen molar-refractivity contribution in [3.05, 3.63) is 34.5 Å². The van der Waals surface area contributed by atoms with Gasteiger partial charge in [0.05, 0.1) is 4.91 Å². The number of hydrogen-bond donors (Lipinski definition) is 1. The molecular weight excluding hydrogens is 457 g/mol. The van der Waals surface area contributed by atoms with E-state index in [0.29, 0.717) is 34.8 Å². The van der Waals surface area contributed by atoms with Crippen molar-refractivity contribution >= 4 is 35.0 Å². The van der Waals surface area contributed by atoms with Gasteiger partial charge in [0.25, 0.3) is 5.91 Å². The highest BCUT2D eigenvalue weighted by Gasteiger charge is 2.29. The number of hydrogen-bond acceptors (Lipinski definition) is 7. The molecule has 34 heavy (non-hydrogen) atoms. The summed E-state index contributed by atoms with van der Waals surface area (Å²) < 4.78 is 19.7. The Balaban J connectivity index is 1.43. The lowest BCUT2D eigenvalue weighted by Crippen LogP contribution is -2.47. The van der Waals surface area contributed by atoms with Crippen LogP contribution < -0.4 is 10.2 Å². The van der Waals surface area contributed by atoms with Crippen LogP contribution >= 0.6 is 11.8 Å². The molecule has 0 spiro atoms. The summed E-state index contributed by atoms with van der Waals surface area (Å²) in [6, 6.07) is 4.42. The van der Waals surface area contributed by atoms with Crippen LogP contribution in [-0.2, 0) is 4.79 Å². The Kier molecular flexibility index (Phi) is 8.23. The molecule has 3 aliphatic rings. The third-order valence-corrected chi connectivity index (χ3v) is 7.47. The molecule has 184 valence electrons. The second-order valence-corrected chi connectivity index (χ2v) is 9.58. The number of nitrogens with zero attached hydrogens (tertiary/aromatic N) is 4. The number of carbonyl (C=O) groups is 2. The number of hydrazine groups is 1. The first kappa shape index (κ1) is 24.7. The summed E-state index contributed by atoms with van der Waals surface area (Å²) in [4.78, 5) is 33.9. The molecule has 2 saturated heterocycles. The largest absolute Gasteiger partial charge is 0.415 e. The minimum Gasteiger partial charge on any atom is -0.410 e. The van der Waals surface area contributed by atoms with Gasteiger partial charge in [-0.3, -0.25) is 9.80 Å². The van der Waals surface area contributed by atoms with Crippen molar-refractivity contribution in [2.45, 2.75) is 45.6 Å².